The highest BCUT2D eigenvalue weighted by atomic mass is 32.2. The van der Waals surface area contributed by atoms with Crippen LogP contribution < -0.4 is 10.1 Å². The molecule has 1 aliphatic carbocycles. The Morgan fingerprint density at radius 2 is 2.10 bits per heavy atom. The van der Waals surface area contributed by atoms with Gasteiger partial charge >= 0.3 is 0 Å². The average Bonchev–Trinajstić information content (AvgIpc) is 3.17. The largest absolute Gasteiger partial charge is 0.473 e. The summed E-state index contributed by atoms with van der Waals surface area (Å²) < 4.78 is 33.0. The lowest BCUT2D eigenvalue weighted by Gasteiger charge is -2.35. The van der Waals surface area contributed by atoms with E-state index in [1.165, 1.54) is 10.6 Å². The summed E-state index contributed by atoms with van der Waals surface area (Å²) in [7, 11) is -3.18. The van der Waals surface area contributed by atoms with Gasteiger partial charge in [-0.05, 0) is 25.2 Å². The first-order valence-electron chi connectivity index (χ1n) is 10.0. The minimum Gasteiger partial charge on any atom is -0.473 e. The minimum atomic E-state index is -3.18. The molecule has 3 aromatic rings. The van der Waals surface area contributed by atoms with Crippen molar-refractivity contribution in [3.63, 3.8) is 0 Å². The first-order valence-corrected chi connectivity index (χ1v) is 11.9. The number of piperidine rings is 1. The highest BCUT2D eigenvalue weighted by Gasteiger charge is 2.32. The topological polar surface area (TPSA) is 130 Å². The molecule has 0 aromatic carbocycles. The van der Waals surface area contributed by atoms with Gasteiger partial charge < -0.3 is 10.1 Å². The number of ether oxygens (including phenoxy) is 1. The predicted molar refractivity (Wildman–Crippen MR) is 110 cm³/mol. The lowest BCUT2D eigenvalue weighted by molar-refractivity contribution is 0.262. The quantitative estimate of drug-likeness (QED) is 0.593. The summed E-state index contributed by atoms with van der Waals surface area (Å²) >= 11 is 0. The molecule has 2 N–H and O–H groups in total. The summed E-state index contributed by atoms with van der Waals surface area (Å²) in [4.78, 5) is 9.10. The fourth-order valence-corrected chi connectivity index (χ4v) is 4.66. The van der Waals surface area contributed by atoms with E-state index in [1.807, 2.05) is 6.92 Å². The Morgan fingerprint density at radius 3 is 2.77 bits per heavy atom. The van der Waals surface area contributed by atoms with Crippen LogP contribution in [0.2, 0.25) is 0 Å². The van der Waals surface area contributed by atoms with Crippen LogP contribution in [-0.2, 0) is 10.0 Å². The molecule has 0 radical (unpaired) electrons. The van der Waals surface area contributed by atoms with Crippen LogP contribution in [0.25, 0.3) is 16.9 Å². The third kappa shape index (κ3) is 3.72. The summed E-state index contributed by atoms with van der Waals surface area (Å²) in [5.41, 5.74) is 2.07. The molecule has 0 spiro atoms. The van der Waals surface area contributed by atoms with Crippen molar-refractivity contribution in [1.29, 1.82) is 0 Å². The summed E-state index contributed by atoms with van der Waals surface area (Å²) in [5.74, 6) is 1.16. The van der Waals surface area contributed by atoms with Crippen LogP contribution in [0, 0.1) is 5.92 Å². The van der Waals surface area contributed by atoms with Gasteiger partial charge in [-0.15, -0.1) is 5.10 Å². The van der Waals surface area contributed by atoms with Crippen molar-refractivity contribution < 1.29 is 13.2 Å². The number of nitrogens with zero attached hydrogens (tertiary/aromatic N) is 6. The molecule has 5 rings (SSSR count). The molecular formula is C18H24N8O3S. The zero-order valence-electron chi connectivity index (χ0n) is 16.8. The van der Waals surface area contributed by atoms with E-state index in [0.29, 0.717) is 42.7 Å². The van der Waals surface area contributed by atoms with Crippen LogP contribution in [0.5, 0.6) is 5.88 Å². The Bertz CT molecular complexity index is 1160. The molecule has 2 aliphatic rings. The normalized spacial score (nSPS) is 23.0. The first-order chi connectivity index (χ1) is 14.4. The fraction of sp³-hybridized carbons (Fsp3) is 0.556. The van der Waals surface area contributed by atoms with Gasteiger partial charge in [-0.2, -0.15) is 14.6 Å². The Hall–Kier alpha value is -2.73. The number of sulfonamides is 1. The van der Waals surface area contributed by atoms with E-state index in [-0.39, 0.29) is 18.1 Å². The maximum atomic E-state index is 11.8. The summed E-state index contributed by atoms with van der Waals surface area (Å²) in [5, 5.41) is 14.8. The maximum absolute atomic E-state index is 11.8. The van der Waals surface area contributed by atoms with E-state index in [2.05, 4.69) is 30.6 Å². The Morgan fingerprint density at radius 1 is 1.27 bits per heavy atom. The van der Waals surface area contributed by atoms with Gasteiger partial charge in [-0.3, -0.25) is 5.10 Å². The predicted octanol–water partition coefficient (Wildman–Crippen LogP) is 1.14. The molecule has 1 aliphatic heterocycles. The number of anilines is 1. The number of rotatable bonds is 6. The van der Waals surface area contributed by atoms with Crippen molar-refractivity contribution in [2.75, 3.05) is 24.7 Å². The third-order valence-corrected chi connectivity index (χ3v) is 6.83. The molecule has 2 fully saturated rings. The van der Waals surface area contributed by atoms with Crippen molar-refractivity contribution in [3.8, 4) is 17.1 Å². The number of H-pyrrole nitrogens is 1. The molecule has 3 aromatic heterocycles. The van der Waals surface area contributed by atoms with E-state index in [9.17, 15) is 8.42 Å². The number of aromatic amines is 1. The second-order valence-electron chi connectivity index (χ2n) is 8.06. The van der Waals surface area contributed by atoms with Gasteiger partial charge in [0.15, 0.2) is 5.65 Å². The van der Waals surface area contributed by atoms with E-state index in [1.54, 1.807) is 23.1 Å². The maximum Gasteiger partial charge on any atom is 0.244 e. The van der Waals surface area contributed by atoms with Crippen LogP contribution in [-0.4, -0.2) is 74.0 Å². The number of fused-ring (bicyclic) bond motifs is 1. The molecule has 0 bridgehead atoms. The van der Waals surface area contributed by atoms with Crippen molar-refractivity contribution in [2.24, 2.45) is 5.92 Å². The van der Waals surface area contributed by atoms with Gasteiger partial charge in [0, 0.05) is 30.9 Å². The monoisotopic (exact) mass is 432 g/mol. The lowest BCUT2D eigenvalue weighted by Crippen LogP contribution is -2.47. The molecule has 0 amide bonds. The van der Waals surface area contributed by atoms with E-state index >= 15 is 0 Å². The molecular weight excluding hydrogens is 408 g/mol. The van der Waals surface area contributed by atoms with Crippen LogP contribution in [0.4, 0.5) is 5.95 Å². The third-order valence-electron chi connectivity index (χ3n) is 5.56. The van der Waals surface area contributed by atoms with Crippen molar-refractivity contribution in [1.82, 2.24) is 34.1 Å². The summed E-state index contributed by atoms with van der Waals surface area (Å²) in [6.07, 6.45) is 9.26. The molecule has 30 heavy (non-hydrogen) atoms. The van der Waals surface area contributed by atoms with Gasteiger partial charge in [0.1, 0.15) is 11.8 Å². The summed E-state index contributed by atoms with van der Waals surface area (Å²) in [6, 6.07) is 0.0783. The van der Waals surface area contributed by atoms with Crippen molar-refractivity contribution in [2.45, 2.75) is 38.3 Å². The first kappa shape index (κ1) is 19.2. The van der Waals surface area contributed by atoms with Crippen molar-refractivity contribution >= 4 is 21.6 Å². The SMILES string of the molecule is C[C@@H]1CN(S(C)(=O)=O)CCC1Nc1nc2cnc(-c3cn[nH]c3)c(OC3CC3)n2n1. The van der Waals surface area contributed by atoms with Gasteiger partial charge in [-0.25, -0.2) is 17.7 Å². The Kier molecular flexibility index (Phi) is 4.62. The van der Waals surface area contributed by atoms with Crippen LogP contribution >= 0.6 is 0 Å². The zero-order valence-corrected chi connectivity index (χ0v) is 17.6. The van der Waals surface area contributed by atoms with Crippen LogP contribution in [0.3, 0.4) is 0 Å². The molecule has 160 valence electrons. The lowest BCUT2D eigenvalue weighted by atomic mass is 9.95. The van der Waals surface area contributed by atoms with Gasteiger partial charge in [-0.1, -0.05) is 6.92 Å². The molecule has 1 saturated carbocycles. The average molecular weight is 433 g/mol. The number of nitrogens with one attached hydrogen (secondary N) is 2. The van der Waals surface area contributed by atoms with Crippen LogP contribution in [0.1, 0.15) is 26.2 Å². The number of hydrogen-bond donors (Lipinski definition) is 2. The number of aromatic nitrogens is 6. The fourth-order valence-electron chi connectivity index (χ4n) is 3.71. The van der Waals surface area contributed by atoms with Crippen molar-refractivity contribution in [3.05, 3.63) is 18.6 Å². The standard InChI is InChI=1S/C18H24N8O3S/c1-11-10-25(30(2,27)28)6-5-14(11)22-18-23-15-9-19-16(12-7-20-21-8-12)17(26(15)24-18)29-13-3-4-13/h7-9,11,13-14H,3-6,10H2,1-2H3,(H,20,21)(H,22,24)/t11-,14?/m1/s1. The van der Waals surface area contributed by atoms with Gasteiger partial charge in [0.25, 0.3) is 0 Å². The van der Waals surface area contributed by atoms with Gasteiger partial charge in [0.2, 0.25) is 21.9 Å². The summed E-state index contributed by atoms with van der Waals surface area (Å²) in [6.45, 7) is 2.99. The zero-order chi connectivity index (χ0) is 20.9. The number of hydrogen-bond acceptors (Lipinski definition) is 8. The van der Waals surface area contributed by atoms with E-state index < -0.39 is 10.0 Å². The van der Waals surface area contributed by atoms with Gasteiger partial charge in [0.05, 0.1) is 18.6 Å². The highest BCUT2D eigenvalue weighted by Crippen LogP contribution is 2.33. The van der Waals surface area contributed by atoms with E-state index in [0.717, 1.165) is 18.4 Å². The second-order valence-corrected chi connectivity index (χ2v) is 10.0. The smallest absolute Gasteiger partial charge is 0.244 e. The highest BCUT2D eigenvalue weighted by molar-refractivity contribution is 7.88. The Balaban J connectivity index is 1.42. The van der Waals surface area contributed by atoms with Crippen LogP contribution in [0.15, 0.2) is 18.6 Å². The molecule has 11 nitrogen and oxygen atoms in total. The molecule has 1 saturated heterocycles. The molecule has 4 heterocycles. The molecule has 12 heteroatoms. The van der Waals surface area contributed by atoms with E-state index in [4.69, 9.17) is 4.74 Å². The minimum absolute atomic E-state index is 0.0783. The molecule has 2 atom stereocenters. The molecule has 1 unspecified atom stereocenters. The second kappa shape index (κ2) is 7.20. The Labute approximate surface area is 173 Å².